The molecular weight excluding hydrogens is 596 g/mol. The Morgan fingerprint density at radius 1 is 0.936 bits per heavy atom. The number of hydrogen-bond acceptors (Lipinski definition) is 7. The first-order chi connectivity index (χ1) is 22.7. The molecule has 10 heteroatoms. The lowest BCUT2D eigenvalue weighted by Crippen LogP contribution is -2.39. The first-order valence-electron chi connectivity index (χ1n) is 15.3. The van der Waals surface area contributed by atoms with E-state index in [1.807, 2.05) is 32.3 Å². The largest absolute Gasteiger partial charge is 0.394 e. The number of aliphatic hydroxyl groups excluding tert-OH is 2. The van der Waals surface area contributed by atoms with Gasteiger partial charge in [0.2, 0.25) is 0 Å². The lowest BCUT2D eigenvalue weighted by molar-refractivity contribution is -0.0461. The van der Waals surface area contributed by atoms with E-state index >= 15 is 0 Å². The van der Waals surface area contributed by atoms with Crippen LogP contribution in [0.25, 0.3) is 43.4 Å². The summed E-state index contributed by atoms with van der Waals surface area (Å²) in [5.74, 6) is 2.36. The number of amides is 1. The minimum absolute atomic E-state index is 0.0807. The molecule has 3 atom stereocenters. The molecule has 7 rings (SSSR count). The predicted molar refractivity (Wildman–Crippen MR) is 182 cm³/mol. The second-order valence-electron chi connectivity index (χ2n) is 11.9. The molecule has 1 aliphatic heterocycles. The molecule has 1 aromatic heterocycles. The van der Waals surface area contributed by atoms with Crippen molar-refractivity contribution in [2.75, 3.05) is 32.1 Å². The lowest BCUT2D eigenvalue weighted by atomic mass is 9.88. The molecule has 1 saturated heterocycles. The van der Waals surface area contributed by atoms with Gasteiger partial charge in [-0.1, -0.05) is 60.5 Å². The van der Waals surface area contributed by atoms with Crippen LogP contribution in [0.3, 0.4) is 0 Å². The Morgan fingerprint density at radius 3 is 2.32 bits per heavy atom. The zero-order valence-electron chi connectivity index (χ0n) is 25.8. The van der Waals surface area contributed by atoms with Gasteiger partial charge in [0.1, 0.15) is 12.3 Å². The molecule has 1 fully saturated rings. The number of benzene rings is 5. The summed E-state index contributed by atoms with van der Waals surface area (Å²) < 4.78 is 7.44. The van der Waals surface area contributed by atoms with E-state index < -0.39 is 36.3 Å². The first kappa shape index (κ1) is 30.2. The highest BCUT2D eigenvalue weighted by molar-refractivity contribution is 6.28. The van der Waals surface area contributed by atoms with Crippen molar-refractivity contribution < 1.29 is 19.7 Å². The fraction of sp³-hybridized carbons (Fsp3) is 0.216. The van der Waals surface area contributed by atoms with Crippen molar-refractivity contribution >= 4 is 43.9 Å². The molecule has 5 aromatic carbocycles. The van der Waals surface area contributed by atoms with Gasteiger partial charge in [-0.25, -0.2) is 4.79 Å². The highest BCUT2D eigenvalue weighted by atomic mass is 16.5. The van der Waals surface area contributed by atoms with Crippen molar-refractivity contribution in [3.8, 4) is 23.1 Å². The van der Waals surface area contributed by atoms with Gasteiger partial charge in [-0.05, 0) is 61.6 Å². The Balaban J connectivity index is 1.17. The molecule has 0 radical (unpaired) electrons. The molecule has 0 spiro atoms. The number of ether oxygens (including phenoxy) is 1. The van der Waals surface area contributed by atoms with Crippen molar-refractivity contribution in [2.45, 2.75) is 24.9 Å². The van der Waals surface area contributed by atoms with Crippen LogP contribution in [0.5, 0.6) is 0 Å². The van der Waals surface area contributed by atoms with Crippen LogP contribution < -0.4 is 21.5 Å². The summed E-state index contributed by atoms with van der Waals surface area (Å²) in [4.78, 5) is 41.0. The molecule has 1 aliphatic rings. The average molecular weight is 629 g/mol. The first-order valence-corrected chi connectivity index (χ1v) is 15.3. The monoisotopic (exact) mass is 628 g/mol. The number of anilines is 1. The van der Waals surface area contributed by atoms with Crippen LogP contribution in [0.2, 0.25) is 0 Å². The molecule has 0 aliphatic carbocycles. The minimum atomic E-state index is -0.944. The Hall–Kier alpha value is -5.47. The predicted octanol–water partition coefficient (Wildman–Crippen LogP) is 3.52. The van der Waals surface area contributed by atoms with Gasteiger partial charge in [0.15, 0.2) is 0 Å². The van der Waals surface area contributed by atoms with Crippen LogP contribution >= 0.6 is 0 Å². The Kier molecular flexibility index (Phi) is 7.74. The maximum atomic E-state index is 13.5. The number of hydrogen-bond donors (Lipinski definition) is 3. The highest BCUT2D eigenvalue weighted by Crippen LogP contribution is 2.40. The van der Waals surface area contributed by atoms with Crippen molar-refractivity contribution in [1.82, 2.24) is 14.5 Å². The van der Waals surface area contributed by atoms with Crippen molar-refractivity contribution in [3.63, 3.8) is 0 Å². The normalized spacial score (nSPS) is 17.7. The fourth-order valence-corrected chi connectivity index (χ4v) is 6.39. The van der Waals surface area contributed by atoms with Gasteiger partial charge < -0.3 is 25.2 Å². The SMILES string of the molecule is CN(C)c1ccc(-c2ccc3ccc4c(C(=O)NCC#Cn5c(=O)ccn([C@H]6C[C@H](O)[C@@H](CO)O6)c5=O)ccc5ccc2c3c54)cc1. The number of aromatic nitrogens is 2. The molecule has 2 heterocycles. The summed E-state index contributed by atoms with van der Waals surface area (Å²) in [6, 6.07) is 28.4. The third-order valence-electron chi connectivity index (χ3n) is 8.84. The molecule has 0 unspecified atom stereocenters. The second-order valence-corrected chi connectivity index (χ2v) is 11.9. The molecule has 0 saturated carbocycles. The van der Waals surface area contributed by atoms with E-state index in [-0.39, 0.29) is 18.9 Å². The Labute approximate surface area is 269 Å². The molecule has 47 heavy (non-hydrogen) atoms. The van der Waals surface area contributed by atoms with Crippen LogP contribution in [0.4, 0.5) is 5.69 Å². The molecule has 10 nitrogen and oxygen atoms in total. The summed E-state index contributed by atoms with van der Waals surface area (Å²) in [5, 5.41) is 28.3. The molecule has 1 amide bonds. The van der Waals surface area contributed by atoms with Crippen LogP contribution in [0, 0.1) is 12.0 Å². The number of carbonyl (C=O) groups excluding carboxylic acids is 1. The van der Waals surface area contributed by atoms with Crippen LogP contribution in [-0.2, 0) is 4.74 Å². The van der Waals surface area contributed by atoms with Crippen LogP contribution in [0.15, 0.2) is 94.6 Å². The summed E-state index contributed by atoms with van der Waals surface area (Å²) in [6.45, 7) is -0.510. The lowest BCUT2D eigenvalue weighted by Gasteiger charge is -2.17. The standard InChI is InChI=1S/C37H32N4O6/c1-39(2)25-10-4-22(5-11-25)26-12-6-23-8-14-28-29(15-9-24-7-13-27(26)34(23)35(24)28)36(45)38-17-3-18-40-32(44)16-19-41(37(40)46)33-20-30(43)31(21-42)47-33/h4-16,19,30-31,33,42-43H,17,20-21H2,1-2H3,(H,38,45)/t30-,31+,33+/m0/s1. The van der Waals surface area contributed by atoms with E-state index in [1.54, 1.807) is 6.07 Å². The zero-order valence-corrected chi connectivity index (χ0v) is 25.8. The fourth-order valence-electron chi connectivity index (χ4n) is 6.39. The van der Waals surface area contributed by atoms with Crippen molar-refractivity contribution in [3.05, 3.63) is 111 Å². The van der Waals surface area contributed by atoms with E-state index in [4.69, 9.17) is 4.74 Å². The molecule has 3 N–H and O–H groups in total. The number of nitrogens with one attached hydrogen (secondary N) is 1. The summed E-state index contributed by atoms with van der Waals surface area (Å²) in [5.41, 5.74) is 2.45. The molecule has 236 valence electrons. The van der Waals surface area contributed by atoms with Crippen LogP contribution in [-0.4, -0.2) is 64.7 Å². The van der Waals surface area contributed by atoms with E-state index in [0.717, 1.165) is 58.3 Å². The van der Waals surface area contributed by atoms with Gasteiger partial charge in [0.05, 0.1) is 19.3 Å². The summed E-state index contributed by atoms with van der Waals surface area (Å²) in [6.07, 6.45) is -1.26. The van der Waals surface area contributed by atoms with E-state index in [2.05, 4.69) is 70.7 Å². The third-order valence-corrected chi connectivity index (χ3v) is 8.84. The topological polar surface area (TPSA) is 126 Å². The smallest absolute Gasteiger partial charge is 0.345 e. The third kappa shape index (κ3) is 5.30. The number of carbonyl (C=O) groups is 1. The zero-order chi connectivity index (χ0) is 32.8. The molecule has 6 aromatic rings. The van der Waals surface area contributed by atoms with Gasteiger partial charge in [0.25, 0.3) is 11.5 Å². The minimum Gasteiger partial charge on any atom is -0.394 e. The van der Waals surface area contributed by atoms with Gasteiger partial charge in [-0.3, -0.25) is 14.2 Å². The van der Waals surface area contributed by atoms with E-state index in [0.29, 0.717) is 5.56 Å². The number of aliphatic hydroxyl groups is 2. The quantitative estimate of drug-likeness (QED) is 0.190. The molecule has 0 bridgehead atoms. The second kappa shape index (κ2) is 12.0. The number of nitrogens with zero attached hydrogens (tertiary/aromatic N) is 3. The average Bonchev–Trinajstić information content (AvgIpc) is 3.46. The van der Waals surface area contributed by atoms with Crippen molar-refractivity contribution in [1.29, 1.82) is 0 Å². The highest BCUT2D eigenvalue weighted by Gasteiger charge is 2.35. The summed E-state index contributed by atoms with van der Waals surface area (Å²) >= 11 is 0. The maximum Gasteiger partial charge on any atom is 0.345 e. The van der Waals surface area contributed by atoms with Gasteiger partial charge >= 0.3 is 5.69 Å². The number of rotatable bonds is 6. The van der Waals surface area contributed by atoms with E-state index in [1.165, 1.54) is 12.3 Å². The van der Waals surface area contributed by atoms with Gasteiger partial charge in [-0.2, -0.15) is 4.57 Å². The van der Waals surface area contributed by atoms with Gasteiger partial charge in [-0.15, -0.1) is 0 Å². The summed E-state index contributed by atoms with van der Waals surface area (Å²) in [7, 11) is 4.03. The van der Waals surface area contributed by atoms with E-state index in [9.17, 15) is 24.6 Å². The Morgan fingerprint density at radius 2 is 1.62 bits per heavy atom. The van der Waals surface area contributed by atoms with Crippen LogP contribution in [0.1, 0.15) is 23.0 Å². The van der Waals surface area contributed by atoms with Crippen molar-refractivity contribution in [2.24, 2.45) is 0 Å². The van der Waals surface area contributed by atoms with Gasteiger partial charge in [0, 0.05) is 50.1 Å². The molecular formula is C37H32N4O6. The Bertz CT molecular complexity index is 2330. The maximum absolute atomic E-state index is 13.5.